The monoisotopic (exact) mass is 313 g/mol. The van der Waals surface area contributed by atoms with Gasteiger partial charge < -0.3 is 11.1 Å². The van der Waals surface area contributed by atoms with E-state index in [1.807, 2.05) is 24.1 Å². The Labute approximate surface area is 134 Å². The predicted octanol–water partition coefficient (Wildman–Crippen LogP) is 1.95. The summed E-state index contributed by atoms with van der Waals surface area (Å²) in [6, 6.07) is 8.18. The minimum Gasteiger partial charge on any atom is -0.351 e. The summed E-state index contributed by atoms with van der Waals surface area (Å²) in [7, 11) is 1.95. The van der Waals surface area contributed by atoms with E-state index in [0.717, 1.165) is 12.1 Å². The molecule has 1 aromatic carbocycles. The molecule has 0 heterocycles. The van der Waals surface area contributed by atoms with Crippen molar-refractivity contribution in [1.82, 2.24) is 10.2 Å². The molecule has 3 N–H and O–H groups in total. The first-order valence-electron chi connectivity index (χ1n) is 7.03. The number of benzene rings is 1. The maximum absolute atomic E-state index is 11.9. The number of likely N-dealkylation sites (N-methyl/N-ethyl adjacent to an activating group) is 1. The van der Waals surface area contributed by atoms with Crippen molar-refractivity contribution in [1.29, 1.82) is 0 Å². The molecule has 0 atom stereocenters. The average molecular weight is 314 g/mol. The van der Waals surface area contributed by atoms with Gasteiger partial charge in [-0.15, -0.1) is 12.4 Å². The van der Waals surface area contributed by atoms with Gasteiger partial charge in [-0.25, -0.2) is 0 Å². The molecular formula is C16H28ClN3O. The van der Waals surface area contributed by atoms with Gasteiger partial charge in [0, 0.05) is 13.1 Å². The molecule has 0 saturated heterocycles. The lowest BCUT2D eigenvalue weighted by atomic mass is 9.93. The van der Waals surface area contributed by atoms with Gasteiger partial charge in [0.1, 0.15) is 0 Å². The number of halogens is 1. The highest BCUT2D eigenvalue weighted by atomic mass is 35.5. The summed E-state index contributed by atoms with van der Waals surface area (Å²) >= 11 is 0. The van der Waals surface area contributed by atoms with Gasteiger partial charge in [-0.05, 0) is 31.5 Å². The molecule has 1 amide bonds. The van der Waals surface area contributed by atoms with Crippen LogP contribution in [-0.4, -0.2) is 37.5 Å². The largest absolute Gasteiger partial charge is 0.351 e. The summed E-state index contributed by atoms with van der Waals surface area (Å²) in [5, 5.41) is 2.94. The molecule has 21 heavy (non-hydrogen) atoms. The van der Waals surface area contributed by atoms with Crippen LogP contribution in [0.5, 0.6) is 0 Å². The van der Waals surface area contributed by atoms with Gasteiger partial charge in [-0.2, -0.15) is 0 Å². The van der Waals surface area contributed by atoms with Crippen molar-refractivity contribution in [3.8, 4) is 0 Å². The summed E-state index contributed by atoms with van der Waals surface area (Å²) in [4.78, 5) is 13.9. The highest BCUT2D eigenvalue weighted by Crippen LogP contribution is 2.13. The van der Waals surface area contributed by atoms with E-state index in [4.69, 9.17) is 5.73 Å². The molecule has 0 aliphatic rings. The van der Waals surface area contributed by atoms with E-state index in [9.17, 15) is 4.79 Å². The third-order valence-corrected chi connectivity index (χ3v) is 3.27. The molecular weight excluding hydrogens is 286 g/mol. The molecule has 0 unspecified atom stereocenters. The molecule has 5 heteroatoms. The number of hydrogen-bond donors (Lipinski definition) is 2. The van der Waals surface area contributed by atoms with Crippen molar-refractivity contribution < 1.29 is 4.79 Å². The van der Waals surface area contributed by atoms with Gasteiger partial charge in [-0.3, -0.25) is 9.69 Å². The van der Waals surface area contributed by atoms with Crippen molar-refractivity contribution in [2.75, 3.05) is 26.7 Å². The molecule has 0 spiro atoms. The van der Waals surface area contributed by atoms with Crippen LogP contribution >= 0.6 is 12.4 Å². The van der Waals surface area contributed by atoms with Gasteiger partial charge in [0.25, 0.3) is 0 Å². The van der Waals surface area contributed by atoms with E-state index < -0.39 is 0 Å². The fourth-order valence-corrected chi connectivity index (χ4v) is 2.06. The Hall–Kier alpha value is -1.10. The Kier molecular flexibility index (Phi) is 8.55. The van der Waals surface area contributed by atoms with Crippen LogP contribution in [0.25, 0.3) is 0 Å². The second-order valence-corrected chi connectivity index (χ2v) is 6.30. The van der Waals surface area contributed by atoms with Crippen molar-refractivity contribution in [2.24, 2.45) is 11.1 Å². The molecule has 0 aliphatic carbocycles. The molecule has 0 bridgehead atoms. The summed E-state index contributed by atoms with van der Waals surface area (Å²) in [5.74, 6) is 0.0425. The average Bonchev–Trinajstić information content (AvgIpc) is 2.37. The highest BCUT2D eigenvalue weighted by molar-refractivity contribution is 5.85. The lowest BCUT2D eigenvalue weighted by molar-refractivity contribution is -0.122. The van der Waals surface area contributed by atoms with Crippen LogP contribution in [0.15, 0.2) is 24.3 Å². The van der Waals surface area contributed by atoms with E-state index in [1.54, 1.807) is 0 Å². The SMILES string of the molecule is Cc1ccc(CNC(=O)CN(C)CC(C)(C)CN)cc1.Cl. The summed E-state index contributed by atoms with van der Waals surface area (Å²) in [6.45, 7) is 8.66. The normalized spacial score (nSPS) is 11.1. The van der Waals surface area contributed by atoms with Gasteiger partial charge in [0.05, 0.1) is 6.54 Å². The highest BCUT2D eigenvalue weighted by Gasteiger charge is 2.19. The van der Waals surface area contributed by atoms with Crippen molar-refractivity contribution >= 4 is 18.3 Å². The summed E-state index contributed by atoms with van der Waals surface area (Å²) < 4.78 is 0. The maximum Gasteiger partial charge on any atom is 0.234 e. The summed E-state index contributed by atoms with van der Waals surface area (Å²) in [6.07, 6.45) is 0. The number of carbonyl (C=O) groups is 1. The van der Waals surface area contributed by atoms with Crippen LogP contribution in [0.4, 0.5) is 0 Å². The molecule has 120 valence electrons. The molecule has 0 saturated carbocycles. The first-order valence-corrected chi connectivity index (χ1v) is 7.03. The second kappa shape index (κ2) is 9.03. The number of rotatable bonds is 7. The second-order valence-electron chi connectivity index (χ2n) is 6.30. The van der Waals surface area contributed by atoms with Crippen LogP contribution in [0, 0.1) is 12.3 Å². The number of hydrogen-bond acceptors (Lipinski definition) is 3. The topological polar surface area (TPSA) is 58.4 Å². The Bertz CT molecular complexity index is 432. The Morgan fingerprint density at radius 3 is 2.38 bits per heavy atom. The standard InChI is InChI=1S/C16H27N3O.ClH/c1-13-5-7-14(8-6-13)9-18-15(20)10-19(4)12-16(2,3)11-17;/h5-8H,9-12,17H2,1-4H3,(H,18,20);1H. The fourth-order valence-electron chi connectivity index (χ4n) is 2.06. The number of nitrogens with two attached hydrogens (primary N) is 1. The first kappa shape index (κ1) is 19.9. The molecule has 1 rings (SSSR count). The van der Waals surface area contributed by atoms with Gasteiger partial charge in [0.15, 0.2) is 0 Å². The molecule has 4 nitrogen and oxygen atoms in total. The van der Waals surface area contributed by atoms with Crippen LogP contribution in [-0.2, 0) is 11.3 Å². The zero-order chi connectivity index (χ0) is 15.2. The minimum atomic E-state index is 0. The van der Waals surface area contributed by atoms with Crippen molar-refractivity contribution in [2.45, 2.75) is 27.3 Å². The first-order chi connectivity index (χ1) is 9.32. The van der Waals surface area contributed by atoms with E-state index in [-0.39, 0.29) is 23.7 Å². The van der Waals surface area contributed by atoms with Gasteiger partial charge >= 0.3 is 0 Å². The number of nitrogens with zero attached hydrogens (tertiary/aromatic N) is 1. The predicted molar refractivity (Wildman–Crippen MR) is 90.6 cm³/mol. The molecule has 0 radical (unpaired) electrons. The van der Waals surface area contributed by atoms with E-state index in [1.165, 1.54) is 5.56 Å². The quantitative estimate of drug-likeness (QED) is 0.809. The Morgan fingerprint density at radius 1 is 1.29 bits per heavy atom. The van der Waals surface area contributed by atoms with Crippen molar-refractivity contribution in [3.63, 3.8) is 0 Å². The zero-order valence-electron chi connectivity index (χ0n) is 13.5. The van der Waals surface area contributed by atoms with Gasteiger partial charge in [0.2, 0.25) is 5.91 Å². The van der Waals surface area contributed by atoms with E-state index in [2.05, 4.69) is 38.2 Å². The molecule has 0 fully saturated rings. The lowest BCUT2D eigenvalue weighted by Crippen LogP contribution is -2.41. The molecule has 0 aromatic heterocycles. The van der Waals surface area contributed by atoms with Gasteiger partial charge in [-0.1, -0.05) is 43.7 Å². The number of nitrogens with one attached hydrogen (secondary N) is 1. The zero-order valence-corrected chi connectivity index (χ0v) is 14.3. The fraction of sp³-hybridized carbons (Fsp3) is 0.562. The number of carbonyl (C=O) groups excluding carboxylic acids is 1. The Morgan fingerprint density at radius 2 is 1.86 bits per heavy atom. The lowest BCUT2D eigenvalue weighted by Gasteiger charge is -2.28. The Balaban J connectivity index is 0.00000400. The smallest absolute Gasteiger partial charge is 0.234 e. The van der Waals surface area contributed by atoms with E-state index >= 15 is 0 Å². The maximum atomic E-state index is 11.9. The minimum absolute atomic E-state index is 0. The number of amides is 1. The van der Waals surface area contributed by atoms with Crippen LogP contribution in [0.2, 0.25) is 0 Å². The molecule has 0 aliphatic heterocycles. The summed E-state index contributed by atoms with van der Waals surface area (Å²) in [5.41, 5.74) is 8.08. The van der Waals surface area contributed by atoms with Crippen LogP contribution < -0.4 is 11.1 Å². The molecule has 1 aromatic rings. The third kappa shape index (κ3) is 8.05. The van der Waals surface area contributed by atoms with Crippen molar-refractivity contribution in [3.05, 3.63) is 35.4 Å². The van der Waals surface area contributed by atoms with Crippen LogP contribution in [0.1, 0.15) is 25.0 Å². The third-order valence-electron chi connectivity index (χ3n) is 3.27. The number of aryl methyl sites for hydroxylation is 1. The van der Waals surface area contributed by atoms with Crippen LogP contribution in [0.3, 0.4) is 0 Å². The van der Waals surface area contributed by atoms with E-state index in [0.29, 0.717) is 19.6 Å².